The van der Waals surface area contributed by atoms with Crippen molar-refractivity contribution in [1.82, 2.24) is 4.98 Å². The lowest BCUT2D eigenvalue weighted by Gasteiger charge is -2.31. The molecule has 106 valence electrons. The van der Waals surface area contributed by atoms with Crippen molar-refractivity contribution >= 4 is 22.4 Å². The maximum atomic E-state index is 11.2. The second kappa shape index (κ2) is 6.34. The van der Waals surface area contributed by atoms with E-state index in [1.165, 1.54) is 24.2 Å². The minimum atomic E-state index is -0.917. The number of aromatic nitrogens is 1. The lowest BCUT2D eigenvalue weighted by molar-refractivity contribution is 0.0697. The van der Waals surface area contributed by atoms with E-state index in [-0.39, 0.29) is 6.61 Å². The molecule has 1 saturated heterocycles. The normalized spacial score (nSPS) is 19.7. The number of piperidine rings is 1. The van der Waals surface area contributed by atoms with Crippen LogP contribution in [-0.4, -0.2) is 36.3 Å². The van der Waals surface area contributed by atoms with Crippen molar-refractivity contribution in [3.8, 4) is 0 Å². The van der Waals surface area contributed by atoms with Gasteiger partial charge in [0.1, 0.15) is 4.88 Å². The van der Waals surface area contributed by atoms with Crippen molar-refractivity contribution < 1.29 is 14.6 Å². The van der Waals surface area contributed by atoms with E-state index in [2.05, 4.69) is 16.8 Å². The number of thiazole rings is 1. The first-order chi connectivity index (χ1) is 9.15. The number of carbonyl (C=O) groups is 1. The molecule has 0 radical (unpaired) electrons. The number of aromatic carboxylic acids is 1. The lowest BCUT2D eigenvalue weighted by atomic mass is 9.96. The number of rotatable bonds is 5. The van der Waals surface area contributed by atoms with E-state index in [0.29, 0.717) is 16.5 Å². The zero-order valence-electron chi connectivity index (χ0n) is 11.4. The maximum absolute atomic E-state index is 11.2. The lowest BCUT2D eigenvalue weighted by Crippen LogP contribution is -2.35. The summed E-state index contributed by atoms with van der Waals surface area (Å²) in [4.78, 5) is 18.2. The Balaban J connectivity index is 2.19. The highest BCUT2D eigenvalue weighted by molar-refractivity contribution is 7.17. The first kappa shape index (κ1) is 14.3. The van der Waals surface area contributed by atoms with Gasteiger partial charge in [0.2, 0.25) is 0 Å². The fourth-order valence-corrected chi connectivity index (χ4v) is 3.39. The minimum absolute atomic E-state index is 0.253. The molecule has 1 aromatic rings. The number of carboxylic acid groups (broad SMARTS) is 1. The number of anilines is 1. The number of hydrogen-bond acceptors (Lipinski definition) is 5. The van der Waals surface area contributed by atoms with E-state index in [4.69, 9.17) is 4.74 Å². The summed E-state index contributed by atoms with van der Waals surface area (Å²) in [5.74, 6) is -0.225. The fourth-order valence-electron chi connectivity index (χ4n) is 2.45. The molecule has 0 aromatic carbocycles. The van der Waals surface area contributed by atoms with Crippen molar-refractivity contribution in [1.29, 1.82) is 0 Å². The van der Waals surface area contributed by atoms with Gasteiger partial charge in [-0.05, 0) is 18.8 Å². The van der Waals surface area contributed by atoms with Gasteiger partial charge in [0, 0.05) is 20.2 Å². The van der Waals surface area contributed by atoms with Gasteiger partial charge in [-0.25, -0.2) is 9.78 Å². The molecule has 6 heteroatoms. The summed E-state index contributed by atoms with van der Waals surface area (Å²) in [6.07, 6.45) is 3.58. The number of carboxylic acids is 1. The van der Waals surface area contributed by atoms with Crippen LogP contribution in [-0.2, 0) is 11.3 Å². The summed E-state index contributed by atoms with van der Waals surface area (Å²) in [7, 11) is 1.55. The number of ether oxygens (including phenoxy) is 1. The standard InChI is InChI=1S/C13H20N2O3S/c1-3-9-5-4-6-15(7-9)13-14-10(8-18-2)11(19-13)12(16)17/h9H,3-8H2,1-2H3,(H,16,17). The Kier molecular flexibility index (Phi) is 4.76. The molecule has 0 aliphatic carbocycles. The van der Waals surface area contributed by atoms with Crippen LogP contribution < -0.4 is 4.90 Å². The smallest absolute Gasteiger partial charge is 0.347 e. The van der Waals surface area contributed by atoms with E-state index in [1.54, 1.807) is 7.11 Å². The summed E-state index contributed by atoms with van der Waals surface area (Å²) >= 11 is 1.26. The molecule has 1 atom stereocenters. The van der Waals surface area contributed by atoms with Crippen LogP contribution >= 0.6 is 11.3 Å². The third-order valence-electron chi connectivity index (χ3n) is 3.53. The van der Waals surface area contributed by atoms with Gasteiger partial charge in [-0.1, -0.05) is 24.7 Å². The highest BCUT2D eigenvalue weighted by Crippen LogP contribution is 2.31. The molecule has 1 fully saturated rings. The third kappa shape index (κ3) is 3.25. The van der Waals surface area contributed by atoms with E-state index in [0.717, 1.165) is 24.6 Å². The van der Waals surface area contributed by atoms with Crippen molar-refractivity contribution in [2.45, 2.75) is 32.8 Å². The molecule has 1 unspecified atom stereocenters. The van der Waals surface area contributed by atoms with Gasteiger partial charge < -0.3 is 14.7 Å². The Morgan fingerprint density at radius 1 is 1.63 bits per heavy atom. The molecule has 1 aliphatic heterocycles. The summed E-state index contributed by atoms with van der Waals surface area (Å²) < 4.78 is 5.02. The molecule has 1 N–H and O–H groups in total. The number of methoxy groups -OCH3 is 1. The van der Waals surface area contributed by atoms with Crippen LogP contribution in [0.25, 0.3) is 0 Å². The third-order valence-corrected chi connectivity index (χ3v) is 4.67. The van der Waals surface area contributed by atoms with Crippen LogP contribution in [0.2, 0.25) is 0 Å². The molecule has 0 amide bonds. The quantitative estimate of drug-likeness (QED) is 0.900. The predicted octanol–water partition coefficient (Wildman–Crippen LogP) is 2.61. The van der Waals surface area contributed by atoms with Crippen LogP contribution in [0.5, 0.6) is 0 Å². The van der Waals surface area contributed by atoms with Gasteiger partial charge in [0.25, 0.3) is 0 Å². The van der Waals surface area contributed by atoms with Crippen LogP contribution in [0.3, 0.4) is 0 Å². The fraction of sp³-hybridized carbons (Fsp3) is 0.692. The average molecular weight is 284 g/mol. The van der Waals surface area contributed by atoms with E-state index >= 15 is 0 Å². The first-order valence-electron chi connectivity index (χ1n) is 6.62. The Labute approximate surface area is 117 Å². The Morgan fingerprint density at radius 2 is 2.42 bits per heavy atom. The second-order valence-electron chi connectivity index (χ2n) is 4.87. The monoisotopic (exact) mass is 284 g/mol. The number of nitrogens with zero attached hydrogens (tertiary/aromatic N) is 2. The highest BCUT2D eigenvalue weighted by Gasteiger charge is 2.24. The molecule has 2 rings (SSSR count). The largest absolute Gasteiger partial charge is 0.477 e. The molecule has 1 aliphatic rings. The van der Waals surface area contributed by atoms with Gasteiger partial charge in [0.15, 0.2) is 5.13 Å². The van der Waals surface area contributed by atoms with Gasteiger partial charge in [-0.15, -0.1) is 0 Å². The summed E-state index contributed by atoms with van der Waals surface area (Å²) in [5, 5.41) is 10.0. The van der Waals surface area contributed by atoms with Gasteiger partial charge >= 0.3 is 5.97 Å². The number of hydrogen-bond donors (Lipinski definition) is 1. The Hall–Kier alpha value is -1.14. The summed E-state index contributed by atoms with van der Waals surface area (Å²) in [5.41, 5.74) is 0.536. The molecule has 2 heterocycles. The highest BCUT2D eigenvalue weighted by atomic mass is 32.1. The van der Waals surface area contributed by atoms with Crippen molar-refractivity contribution in [3.05, 3.63) is 10.6 Å². The van der Waals surface area contributed by atoms with Gasteiger partial charge in [0.05, 0.1) is 12.3 Å². The van der Waals surface area contributed by atoms with Crippen LogP contribution in [0, 0.1) is 5.92 Å². The first-order valence-corrected chi connectivity index (χ1v) is 7.44. The molecular formula is C13H20N2O3S. The molecule has 1 aromatic heterocycles. The summed E-state index contributed by atoms with van der Waals surface area (Å²) in [6, 6.07) is 0. The van der Waals surface area contributed by atoms with E-state index < -0.39 is 5.97 Å². The van der Waals surface area contributed by atoms with Crippen molar-refractivity contribution in [3.63, 3.8) is 0 Å². The molecule has 0 saturated carbocycles. The maximum Gasteiger partial charge on any atom is 0.347 e. The van der Waals surface area contributed by atoms with E-state index in [1.807, 2.05) is 0 Å². The van der Waals surface area contributed by atoms with Gasteiger partial charge in [-0.2, -0.15) is 0 Å². The predicted molar refractivity (Wildman–Crippen MR) is 75.0 cm³/mol. The van der Waals surface area contributed by atoms with Crippen LogP contribution in [0.1, 0.15) is 41.6 Å². The zero-order valence-corrected chi connectivity index (χ0v) is 12.2. The van der Waals surface area contributed by atoms with Crippen LogP contribution in [0.4, 0.5) is 5.13 Å². The van der Waals surface area contributed by atoms with Crippen molar-refractivity contribution in [2.24, 2.45) is 5.92 Å². The topological polar surface area (TPSA) is 62.7 Å². The van der Waals surface area contributed by atoms with E-state index in [9.17, 15) is 9.90 Å². The summed E-state index contributed by atoms with van der Waals surface area (Å²) in [6.45, 7) is 4.41. The molecule has 19 heavy (non-hydrogen) atoms. The van der Waals surface area contributed by atoms with Gasteiger partial charge in [-0.3, -0.25) is 0 Å². The molecule has 0 spiro atoms. The van der Waals surface area contributed by atoms with Crippen LogP contribution in [0.15, 0.2) is 0 Å². The SMILES string of the molecule is CCC1CCCN(c2nc(COC)c(C(=O)O)s2)C1. The Bertz CT molecular complexity index is 447. The molecular weight excluding hydrogens is 264 g/mol. The molecule has 0 bridgehead atoms. The molecule has 5 nitrogen and oxygen atoms in total. The van der Waals surface area contributed by atoms with Crippen molar-refractivity contribution in [2.75, 3.05) is 25.1 Å². The second-order valence-corrected chi connectivity index (χ2v) is 5.85. The Morgan fingerprint density at radius 3 is 3.05 bits per heavy atom. The zero-order chi connectivity index (χ0) is 13.8. The average Bonchev–Trinajstić information content (AvgIpc) is 2.83. The minimum Gasteiger partial charge on any atom is -0.477 e.